The molecule has 1 saturated heterocycles. The number of carbonyl (C=O) groups is 1. The van der Waals surface area contributed by atoms with Crippen LogP contribution in [-0.4, -0.2) is 89.2 Å². The van der Waals surface area contributed by atoms with E-state index < -0.39 is 88.6 Å². The molecule has 0 radical (unpaired) electrons. The lowest BCUT2D eigenvalue weighted by atomic mass is 9.99. The summed E-state index contributed by atoms with van der Waals surface area (Å²) in [5, 5.41) is 89.8. The van der Waals surface area contributed by atoms with E-state index in [4.69, 9.17) is 18.6 Å². The predicted octanol–water partition coefficient (Wildman–Crippen LogP) is 0.737. The third kappa shape index (κ3) is 5.52. The lowest BCUT2D eigenvalue weighted by molar-refractivity contribution is -0.277. The number of phenols is 6. The number of rotatable bonds is 6. The highest BCUT2D eigenvalue weighted by Crippen LogP contribution is 2.38. The molecule has 1 aliphatic heterocycles. The zero-order valence-electron chi connectivity index (χ0n) is 21.7. The second-order valence-electron chi connectivity index (χ2n) is 9.57. The summed E-state index contributed by atoms with van der Waals surface area (Å²) < 4.78 is 22.0. The molecule has 1 fully saturated rings. The summed E-state index contributed by atoms with van der Waals surface area (Å²) in [6.45, 7) is -0.761. The fraction of sp³-hybridized carbons (Fsp3) is 0.214. The van der Waals surface area contributed by atoms with Gasteiger partial charge in [0.05, 0.1) is 5.56 Å². The molecular weight excluding hydrogens is 576 g/mol. The third-order valence-corrected chi connectivity index (χ3v) is 6.63. The molecule has 0 saturated carbocycles. The van der Waals surface area contributed by atoms with E-state index in [1.165, 1.54) is 24.3 Å². The number of phenolic OH excluding ortho intramolecular Hbond substituents is 6. The van der Waals surface area contributed by atoms with Crippen LogP contribution >= 0.6 is 0 Å². The van der Waals surface area contributed by atoms with Crippen LogP contribution in [0.3, 0.4) is 0 Å². The molecule has 43 heavy (non-hydrogen) atoms. The van der Waals surface area contributed by atoms with E-state index in [1.54, 1.807) is 0 Å². The number of carbonyl (C=O) groups excluding carboxylic acids is 1. The zero-order chi connectivity index (χ0) is 31.2. The first-order chi connectivity index (χ1) is 20.3. The maximum absolute atomic E-state index is 13.5. The van der Waals surface area contributed by atoms with Crippen LogP contribution in [0.2, 0.25) is 0 Å². The van der Waals surface area contributed by atoms with Gasteiger partial charge in [-0.15, -0.1) is 0 Å². The van der Waals surface area contributed by atoms with Gasteiger partial charge >= 0.3 is 5.97 Å². The van der Waals surface area contributed by atoms with Crippen LogP contribution in [0.1, 0.15) is 10.4 Å². The van der Waals surface area contributed by atoms with Crippen molar-refractivity contribution in [3.05, 3.63) is 64.3 Å². The van der Waals surface area contributed by atoms with E-state index >= 15 is 0 Å². The summed E-state index contributed by atoms with van der Waals surface area (Å²) in [5.41, 5.74) is -1.43. The minimum atomic E-state index is -1.97. The smallest absolute Gasteiger partial charge is 0.338 e. The maximum atomic E-state index is 13.5. The van der Waals surface area contributed by atoms with Crippen molar-refractivity contribution in [2.45, 2.75) is 30.7 Å². The number of aliphatic hydroxyl groups excluding tert-OH is 3. The molecule has 2 unspecified atom stereocenters. The minimum Gasteiger partial charge on any atom is -0.508 e. The predicted molar refractivity (Wildman–Crippen MR) is 142 cm³/mol. The summed E-state index contributed by atoms with van der Waals surface area (Å²) >= 11 is 0. The van der Waals surface area contributed by atoms with E-state index in [2.05, 4.69) is 0 Å². The van der Waals surface area contributed by atoms with Crippen molar-refractivity contribution in [1.82, 2.24) is 0 Å². The summed E-state index contributed by atoms with van der Waals surface area (Å²) in [4.78, 5) is 26.0. The molecule has 3 aromatic carbocycles. The van der Waals surface area contributed by atoms with Gasteiger partial charge < -0.3 is 64.6 Å². The fourth-order valence-electron chi connectivity index (χ4n) is 4.41. The Bertz CT molecular complexity index is 1720. The maximum Gasteiger partial charge on any atom is 0.338 e. The van der Waals surface area contributed by atoms with Crippen molar-refractivity contribution >= 4 is 16.9 Å². The number of hydrogen-bond acceptors (Lipinski definition) is 15. The second-order valence-corrected chi connectivity index (χ2v) is 9.57. The van der Waals surface area contributed by atoms with Crippen LogP contribution in [0.15, 0.2) is 57.7 Å². The van der Waals surface area contributed by atoms with Crippen LogP contribution in [0, 0.1) is 0 Å². The van der Waals surface area contributed by atoms with Crippen molar-refractivity contribution in [1.29, 1.82) is 0 Å². The van der Waals surface area contributed by atoms with E-state index in [-0.39, 0.29) is 28.2 Å². The lowest BCUT2D eigenvalue weighted by Crippen LogP contribution is -2.60. The lowest BCUT2D eigenvalue weighted by Gasteiger charge is -2.39. The molecule has 15 nitrogen and oxygen atoms in total. The van der Waals surface area contributed by atoms with Gasteiger partial charge in [-0.2, -0.15) is 0 Å². The number of ether oxygens (including phenoxy) is 3. The molecule has 1 aromatic heterocycles. The van der Waals surface area contributed by atoms with Gasteiger partial charge in [0.1, 0.15) is 59.2 Å². The number of aliphatic hydroxyl groups is 3. The molecule has 0 bridgehead atoms. The second kappa shape index (κ2) is 11.2. The number of benzene rings is 3. The van der Waals surface area contributed by atoms with Gasteiger partial charge in [-0.25, -0.2) is 4.79 Å². The van der Waals surface area contributed by atoms with E-state index in [0.717, 1.165) is 24.3 Å². The number of hydrogen-bond donors (Lipinski definition) is 9. The summed E-state index contributed by atoms with van der Waals surface area (Å²) in [6.07, 6.45) is -9.19. The van der Waals surface area contributed by atoms with Crippen LogP contribution in [0.4, 0.5) is 0 Å². The van der Waals surface area contributed by atoms with E-state index in [9.17, 15) is 55.5 Å². The summed E-state index contributed by atoms with van der Waals surface area (Å²) in [6, 6.07) is 8.81. The Morgan fingerprint density at radius 3 is 2.09 bits per heavy atom. The van der Waals surface area contributed by atoms with Crippen LogP contribution in [0.25, 0.3) is 22.3 Å². The highest BCUT2D eigenvalue weighted by molar-refractivity contribution is 5.91. The quantitative estimate of drug-likeness (QED) is 0.109. The topological polar surface area (TPSA) is 257 Å². The normalized spacial score (nSPS) is 21.9. The Kier molecular flexibility index (Phi) is 7.64. The summed E-state index contributed by atoms with van der Waals surface area (Å²) in [5.74, 6) is -5.74. The first-order valence-corrected chi connectivity index (χ1v) is 12.5. The zero-order valence-corrected chi connectivity index (χ0v) is 21.7. The Hall–Kier alpha value is -5.22. The highest BCUT2D eigenvalue weighted by atomic mass is 16.7. The number of aromatic hydroxyl groups is 6. The number of esters is 1. The van der Waals surface area contributed by atoms with Crippen LogP contribution < -0.4 is 10.2 Å². The van der Waals surface area contributed by atoms with Gasteiger partial charge in [-0.3, -0.25) is 4.79 Å². The Morgan fingerprint density at radius 1 is 0.791 bits per heavy atom. The monoisotopic (exact) mass is 600 g/mol. The highest BCUT2D eigenvalue weighted by Gasteiger charge is 2.46. The van der Waals surface area contributed by atoms with Gasteiger partial charge in [-0.05, 0) is 36.4 Å². The molecule has 0 amide bonds. The molecule has 0 spiro atoms. The standard InChI is InChI=1S/C28H24O15/c29-12-3-1-10(2-4-12)25-26(22(36)19-14(31)7-13(30)8-17(19)41-25)43-28-24(38)23(37)21(35)18(42-28)9-40-27(39)11-5-15(32)20(34)16(33)6-11/h1-8,18,21,23-24,28-35,37-38H,9H2/t18-,21-,23?,24?,28+/m1/s1. The minimum absolute atomic E-state index is 0.122. The number of fused-ring (bicyclic) bond motifs is 1. The van der Waals surface area contributed by atoms with Crippen molar-refractivity contribution in [2.24, 2.45) is 0 Å². The van der Waals surface area contributed by atoms with Gasteiger partial charge in [0.2, 0.25) is 17.5 Å². The van der Waals surface area contributed by atoms with Crippen molar-refractivity contribution in [2.75, 3.05) is 6.61 Å². The average molecular weight is 600 g/mol. The van der Waals surface area contributed by atoms with Crippen LogP contribution in [0.5, 0.6) is 40.2 Å². The van der Waals surface area contributed by atoms with E-state index in [1.807, 2.05) is 0 Å². The van der Waals surface area contributed by atoms with Crippen molar-refractivity contribution in [3.8, 4) is 51.6 Å². The fourth-order valence-corrected chi connectivity index (χ4v) is 4.41. The molecule has 9 N–H and O–H groups in total. The summed E-state index contributed by atoms with van der Waals surface area (Å²) in [7, 11) is 0. The molecule has 15 heteroatoms. The van der Waals surface area contributed by atoms with Gasteiger partial charge in [-0.1, -0.05) is 0 Å². The van der Waals surface area contributed by atoms with Gasteiger partial charge in [0.25, 0.3) is 0 Å². The van der Waals surface area contributed by atoms with Crippen molar-refractivity contribution in [3.63, 3.8) is 0 Å². The molecule has 1 aliphatic rings. The van der Waals surface area contributed by atoms with Crippen molar-refractivity contribution < 1.29 is 69.4 Å². The molecule has 0 aliphatic carbocycles. The van der Waals surface area contributed by atoms with Gasteiger partial charge in [0.15, 0.2) is 23.0 Å². The SMILES string of the molecule is O=C(OC[C@H]1O[C@@H](Oc2c(-c3ccc(O)cc3)oc3cc(O)cc(O)c3c2=O)C(O)C(O)[C@@H]1O)c1cc(O)c(O)c(O)c1. The Labute approximate surface area is 239 Å². The molecule has 5 rings (SSSR count). The molecule has 2 heterocycles. The largest absolute Gasteiger partial charge is 0.508 e. The first kappa shape index (κ1) is 29.3. The molecule has 4 aromatic rings. The molecule has 5 atom stereocenters. The Balaban J connectivity index is 1.47. The van der Waals surface area contributed by atoms with Crippen LogP contribution in [-0.2, 0) is 9.47 Å². The average Bonchev–Trinajstić information content (AvgIpc) is 2.96. The molecular formula is C28H24O15. The van der Waals surface area contributed by atoms with E-state index in [0.29, 0.717) is 0 Å². The molecule has 226 valence electrons. The first-order valence-electron chi connectivity index (χ1n) is 12.5. The Morgan fingerprint density at radius 2 is 1.44 bits per heavy atom. The van der Waals surface area contributed by atoms with Gasteiger partial charge in [0, 0.05) is 17.7 Å². The third-order valence-electron chi connectivity index (χ3n) is 6.63.